The topological polar surface area (TPSA) is 72.2 Å². The Balaban J connectivity index is 3.03. The van der Waals surface area contributed by atoms with Gasteiger partial charge in [-0.3, -0.25) is 0 Å². The predicted molar refractivity (Wildman–Crippen MR) is 65.0 cm³/mol. The quantitative estimate of drug-likeness (QED) is 0.858. The van der Waals surface area contributed by atoms with Crippen molar-refractivity contribution in [3.8, 4) is 0 Å². The van der Waals surface area contributed by atoms with E-state index in [9.17, 15) is 8.42 Å². The number of sulfonamides is 1. The van der Waals surface area contributed by atoms with Crippen molar-refractivity contribution in [1.29, 1.82) is 0 Å². The van der Waals surface area contributed by atoms with Crippen molar-refractivity contribution >= 4 is 21.6 Å². The molecule has 4 nitrogen and oxygen atoms in total. The largest absolute Gasteiger partial charge is 0.329 e. The highest BCUT2D eigenvalue weighted by atomic mass is 35.5. The van der Waals surface area contributed by atoms with Gasteiger partial charge in [-0.2, -0.15) is 0 Å². The van der Waals surface area contributed by atoms with Crippen LogP contribution in [-0.4, -0.2) is 21.0 Å². The van der Waals surface area contributed by atoms with Crippen molar-refractivity contribution < 1.29 is 8.42 Å². The maximum atomic E-state index is 11.8. The summed E-state index contributed by atoms with van der Waals surface area (Å²) < 4.78 is 26.1. The van der Waals surface area contributed by atoms with Crippen LogP contribution in [0.4, 0.5) is 0 Å². The first-order valence-corrected chi connectivity index (χ1v) is 6.71. The van der Waals surface area contributed by atoms with Gasteiger partial charge in [0.05, 0.1) is 4.90 Å². The maximum absolute atomic E-state index is 11.8. The van der Waals surface area contributed by atoms with Crippen molar-refractivity contribution in [2.24, 2.45) is 5.73 Å². The summed E-state index contributed by atoms with van der Waals surface area (Å²) in [6.07, 6.45) is 0. The zero-order chi connectivity index (χ0) is 12.3. The van der Waals surface area contributed by atoms with E-state index in [1.807, 2.05) is 6.92 Å². The minimum absolute atomic E-state index is 0.156. The molecule has 0 saturated heterocycles. The number of nitrogens with one attached hydrogen (secondary N) is 1. The van der Waals surface area contributed by atoms with E-state index in [2.05, 4.69) is 4.72 Å². The Morgan fingerprint density at radius 3 is 2.62 bits per heavy atom. The van der Waals surface area contributed by atoms with Gasteiger partial charge in [0.15, 0.2) is 0 Å². The number of rotatable bonds is 4. The molecule has 0 amide bonds. The number of hydrogen-bond donors (Lipinski definition) is 2. The number of nitrogens with two attached hydrogens (primary N) is 1. The summed E-state index contributed by atoms with van der Waals surface area (Å²) >= 11 is 5.87. The summed E-state index contributed by atoms with van der Waals surface area (Å²) in [6, 6.07) is 4.32. The molecule has 90 valence electrons. The third-order valence-electron chi connectivity index (χ3n) is 2.16. The Labute approximate surface area is 101 Å². The first kappa shape index (κ1) is 13.4. The lowest BCUT2D eigenvalue weighted by atomic mass is 10.2. The van der Waals surface area contributed by atoms with Crippen LogP contribution in [-0.2, 0) is 10.0 Å². The van der Waals surface area contributed by atoms with Gasteiger partial charge in [-0.1, -0.05) is 17.7 Å². The molecular weight excluding hydrogens is 248 g/mol. The van der Waals surface area contributed by atoms with Crippen LogP contribution in [0.3, 0.4) is 0 Å². The van der Waals surface area contributed by atoms with E-state index in [0.29, 0.717) is 5.02 Å². The summed E-state index contributed by atoms with van der Waals surface area (Å²) in [5.41, 5.74) is 6.20. The van der Waals surface area contributed by atoms with Crippen molar-refractivity contribution in [3.05, 3.63) is 28.8 Å². The molecule has 0 heterocycles. The van der Waals surface area contributed by atoms with E-state index in [4.69, 9.17) is 17.3 Å². The molecule has 16 heavy (non-hydrogen) atoms. The minimum atomic E-state index is -3.53. The lowest BCUT2D eigenvalue weighted by Crippen LogP contribution is -2.37. The molecule has 6 heteroatoms. The summed E-state index contributed by atoms with van der Waals surface area (Å²) in [6.45, 7) is 3.76. The number of hydrogen-bond acceptors (Lipinski definition) is 3. The highest BCUT2D eigenvalue weighted by Crippen LogP contribution is 2.19. The van der Waals surface area contributed by atoms with Crippen LogP contribution in [0.2, 0.25) is 5.02 Å². The number of aryl methyl sites for hydroxylation is 1. The number of benzene rings is 1. The summed E-state index contributed by atoms with van der Waals surface area (Å²) in [4.78, 5) is 0.156. The Morgan fingerprint density at radius 2 is 2.12 bits per heavy atom. The highest BCUT2D eigenvalue weighted by molar-refractivity contribution is 7.89. The fourth-order valence-corrected chi connectivity index (χ4v) is 2.65. The van der Waals surface area contributed by atoms with Crippen molar-refractivity contribution in [1.82, 2.24) is 4.72 Å². The Bertz CT molecular complexity index is 474. The summed E-state index contributed by atoms with van der Waals surface area (Å²) in [5, 5.41) is 0.434. The van der Waals surface area contributed by atoms with Crippen LogP contribution in [0.5, 0.6) is 0 Å². The van der Waals surface area contributed by atoms with Gasteiger partial charge in [-0.25, -0.2) is 13.1 Å². The predicted octanol–water partition coefficient (Wildman–Crippen LogP) is 1.27. The van der Waals surface area contributed by atoms with Crippen LogP contribution >= 0.6 is 11.6 Å². The molecule has 0 saturated carbocycles. The fourth-order valence-electron chi connectivity index (χ4n) is 1.12. The molecule has 0 radical (unpaired) electrons. The molecule has 1 rings (SSSR count). The zero-order valence-electron chi connectivity index (χ0n) is 9.20. The second-order valence-corrected chi connectivity index (χ2v) is 5.79. The normalized spacial score (nSPS) is 13.8. The van der Waals surface area contributed by atoms with E-state index in [1.54, 1.807) is 13.0 Å². The van der Waals surface area contributed by atoms with Crippen LogP contribution in [0.15, 0.2) is 23.1 Å². The smallest absolute Gasteiger partial charge is 0.240 e. The first-order chi connectivity index (χ1) is 7.36. The molecule has 0 bridgehead atoms. The third-order valence-corrected chi connectivity index (χ3v) is 4.16. The Hall–Kier alpha value is -0.620. The van der Waals surface area contributed by atoms with Gasteiger partial charge in [-0.05, 0) is 31.5 Å². The molecule has 0 aliphatic rings. The van der Waals surface area contributed by atoms with E-state index >= 15 is 0 Å². The SMILES string of the molecule is Cc1ccc(S(=O)(=O)N[C@@H](C)CN)cc1Cl. The molecule has 0 aliphatic heterocycles. The van der Waals surface area contributed by atoms with E-state index in [0.717, 1.165) is 5.56 Å². The molecular formula is C10H15ClN2O2S. The Kier molecular flexibility index (Phi) is 4.32. The Morgan fingerprint density at radius 1 is 1.50 bits per heavy atom. The molecule has 0 aliphatic carbocycles. The van der Waals surface area contributed by atoms with Gasteiger partial charge in [-0.15, -0.1) is 0 Å². The molecule has 0 aromatic heterocycles. The van der Waals surface area contributed by atoms with Gasteiger partial charge in [0, 0.05) is 17.6 Å². The highest BCUT2D eigenvalue weighted by Gasteiger charge is 2.17. The summed E-state index contributed by atoms with van der Waals surface area (Å²) in [5.74, 6) is 0. The van der Waals surface area contributed by atoms with Gasteiger partial charge in [0.2, 0.25) is 10.0 Å². The molecule has 0 spiro atoms. The second-order valence-electron chi connectivity index (χ2n) is 3.67. The fraction of sp³-hybridized carbons (Fsp3) is 0.400. The number of halogens is 1. The zero-order valence-corrected chi connectivity index (χ0v) is 10.8. The van der Waals surface area contributed by atoms with E-state index in [-0.39, 0.29) is 17.5 Å². The van der Waals surface area contributed by atoms with Crippen LogP contribution in [0.1, 0.15) is 12.5 Å². The third kappa shape index (κ3) is 3.18. The molecule has 3 N–H and O–H groups in total. The summed E-state index contributed by atoms with van der Waals surface area (Å²) in [7, 11) is -3.53. The monoisotopic (exact) mass is 262 g/mol. The van der Waals surface area contributed by atoms with Gasteiger partial charge in [0.25, 0.3) is 0 Å². The molecule has 1 atom stereocenters. The van der Waals surface area contributed by atoms with Crippen LogP contribution in [0.25, 0.3) is 0 Å². The molecule has 1 aromatic carbocycles. The van der Waals surface area contributed by atoms with Crippen molar-refractivity contribution in [3.63, 3.8) is 0 Å². The maximum Gasteiger partial charge on any atom is 0.240 e. The molecule has 0 unspecified atom stereocenters. The van der Waals surface area contributed by atoms with E-state index in [1.165, 1.54) is 12.1 Å². The van der Waals surface area contributed by atoms with Gasteiger partial charge >= 0.3 is 0 Å². The van der Waals surface area contributed by atoms with Crippen molar-refractivity contribution in [2.45, 2.75) is 24.8 Å². The lowest BCUT2D eigenvalue weighted by molar-refractivity contribution is 0.562. The first-order valence-electron chi connectivity index (χ1n) is 4.85. The van der Waals surface area contributed by atoms with Crippen LogP contribution in [0, 0.1) is 6.92 Å². The van der Waals surface area contributed by atoms with Crippen molar-refractivity contribution in [2.75, 3.05) is 6.54 Å². The standard InChI is InChI=1S/C10H15ClN2O2S/c1-7-3-4-9(5-10(7)11)16(14,15)13-8(2)6-12/h3-5,8,13H,6,12H2,1-2H3/t8-/m0/s1. The van der Waals surface area contributed by atoms with E-state index < -0.39 is 10.0 Å². The molecule has 1 aromatic rings. The van der Waals surface area contributed by atoms with Crippen LogP contribution < -0.4 is 10.5 Å². The second kappa shape index (κ2) is 5.14. The average Bonchev–Trinajstić information content (AvgIpc) is 2.21. The lowest BCUT2D eigenvalue weighted by Gasteiger charge is -2.12. The van der Waals surface area contributed by atoms with Gasteiger partial charge in [0.1, 0.15) is 0 Å². The van der Waals surface area contributed by atoms with Gasteiger partial charge < -0.3 is 5.73 Å². The molecule has 0 fully saturated rings. The average molecular weight is 263 g/mol. The minimum Gasteiger partial charge on any atom is -0.329 e.